The Balaban J connectivity index is 1.99. The maximum Gasteiger partial charge on any atom is 0.0582 e. The van der Waals surface area contributed by atoms with Crippen molar-refractivity contribution >= 4 is 11.3 Å². The topological polar surface area (TPSA) is 32.3 Å². The van der Waals surface area contributed by atoms with Gasteiger partial charge in [0.2, 0.25) is 0 Å². The first-order valence-electron chi connectivity index (χ1n) is 5.73. The van der Waals surface area contributed by atoms with E-state index in [-0.39, 0.29) is 12.6 Å². The van der Waals surface area contributed by atoms with Crippen molar-refractivity contribution in [1.82, 2.24) is 5.32 Å². The maximum atomic E-state index is 8.94. The zero-order valence-corrected chi connectivity index (χ0v) is 10.1. The van der Waals surface area contributed by atoms with Crippen LogP contribution in [0, 0.1) is 0 Å². The summed E-state index contributed by atoms with van der Waals surface area (Å²) in [4.78, 5) is 1.59. The largest absolute Gasteiger partial charge is 0.395 e. The average Bonchev–Trinajstić information content (AvgIpc) is 2.69. The third-order valence-corrected chi connectivity index (χ3v) is 4.20. The van der Waals surface area contributed by atoms with Crippen molar-refractivity contribution in [2.45, 2.75) is 45.2 Å². The van der Waals surface area contributed by atoms with Crippen molar-refractivity contribution < 1.29 is 5.11 Å². The molecular formula is C12H19NOS. The molecule has 0 amide bonds. The van der Waals surface area contributed by atoms with Gasteiger partial charge in [0.15, 0.2) is 0 Å². The highest BCUT2D eigenvalue weighted by Crippen LogP contribution is 2.30. The van der Waals surface area contributed by atoms with Crippen LogP contribution in [0.5, 0.6) is 0 Å². The summed E-state index contributed by atoms with van der Waals surface area (Å²) in [5.74, 6) is 0. The normalized spacial score (nSPS) is 17.5. The van der Waals surface area contributed by atoms with E-state index in [1.54, 1.807) is 10.4 Å². The fraction of sp³-hybridized carbons (Fsp3) is 0.667. The van der Waals surface area contributed by atoms with Crippen LogP contribution in [-0.2, 0) is 19.4 Å². The minimum Gasteiger partial charge on any atom is -0.395 e. The second-order valence-electron chi connectivity index (χ2n) is 4.33. The number of hydrogen-bond donors (Lipinski definition) is 2. The van der Waals surface area contributed by atoms with Crippen molar-refractivity contribution in [3.05, 3.63) is 21.4 Å². The van der Waals surface area contributed by atoms with E-state index >= 15 is 0 Å². The summed E-state index contributed by atoms with van der Waals surface area (Å²) >= 11 is 1.91. The Kier molecular flexibility index (Phi) is 3.78. The van der Waals surface area contributed by atoms with Gasteiger partial charge < -0.3 is 10.4 Å². The number of aliphatic hydroxyl groups excluding tert-OH is 1. The minimum atomic E-state index is 0.198. The summed E-state index contributed by atoms with van der Waals surface area (Å²) in [5, 5.41) is 14.6. The van der Waals surface area contributed by atoms with Crippen LogP contribution in [0.1, 0.15) is 35.8 Å². The summed E-state index contributed by atoms with van der Waals surface area (Å²) in [7, 11) is 0. The molecule has 2 N–H and O–H groups in total. The first-order valence-corrected chi connectivity index (χ1v) is 6.61. The van der Waals surface area contributed by atoms with Crippen molar-refractivity contribution in [3.8, 4) is 0 Å². The lowest BCUT2D eigenvalue weighted by molar-refractivity contribution is 0.251. The summed E-state index contributed by atoms with van der Waals surface area (Å²) in [6, 6.07) is 0.198. The Morgan fingerprint density at radius 1 is 1.47 bits per heavy atom. The summed E-state index contributed by atoms with van der Waals surface area (Å²) in [5.41, 5.74) is 3.04. The zero-order valence-electron chi connectivity index (χ0n) is 9.25. The Morgan fingerprint density at radius 2 is 2.27 bits per heavy atom. The first-order chi connectivity index (χ1) is 7.31. The first kappa shape index (κ1) is 11.1. The number of hydrogen-bond acceptors (Lipinski definition) is 3. The van der Waals surface area contributed by atoms with Crippen LogP contribution in [-0.4, -0.2) is 17.8 Å². The fourth-order valence-corrected chi connectivity index (χ4v) is 3.21. The molecule has 84 valence electrons. The number of fused-ring (bicyclic) bond motifs is 1. The summed E-state index contributed by atoms with van der Waals surface area (Å²) < 4.78 is 0. The molecule has 1 heterocycles. The third kappa shape index (κ3) is 2.60. The molecule has 0 radical (unpaired) electrons. The number of aliphatic hydroxyl groups is 1. The standard InChI is InChI=1S/C12H19NOS/c1-9(7-14)13-6-10-8-15-12-5-3-2-4-11(10)12/h8-9,13-14H,2-7H2,1H3/t9-/m1/s1. The molecule has 1 aliphatic carbocycles. The molecule has 0 aliphatic heterocycles. The second kappa shape index (κ2) is 5.10. The van der Waals surface area contributed by atoms with Crippen LogP contribution in [0.15, 0.2) is 5.38 Å². The Labute approximate surface area is 95.3 Å². The molecule has 1 aliphatic rings. The lowest BCUT2D eigenvalue weighted by Crippen LogP contribution is -2.28. The fourth-order valence-electron chi connectivity index (χ4n) is 2.06. The van der Waals surface area contributed by atoms with Gasteiger partial charge in [-0.3, -0.25) is 0 Å². The molecule has 15 heavy (non-hydrogen) atoms. The van der Waals surface area contributed by atoms with Gasteiger partial charge in [0.25, 0.3) is 0 Å². The Bertz CT molecular complexity index is 321. The molecule has 0 bridgehead atoms. The highest BCUT2D eigenvalue weighted by molar-refractivity contribution is 7.10. The molecule has 2 nitrogen and oxygen atoms in total. The van der Waals surface area contributed by atoms with Crippen LogP contribution < -0.4 is 5.32 Å². The van der Waals surface area contributed by atoms with Crippen molar-refractivity contribution in [2.24, 2.45) is 0 Å². The van der Waals surface area contributed by atoms with Gasteiger partial charge in [-0.15, -0.1) is 11.3 Å². The van der Waals surface area contributed by atoms with E-state index in [1.165, 1.54) is 31.2 Å². The smallest absolute Gasteiger partial charge is 0.0582 e. The SMILES string of the molecule is C[C@H](CO)NCc1csc2c1CCCC2. The molecule has 0 saturated heterocycles. The molecule has 0 unspecified atom stereocenters. The number of aryl methyl sites for hydroxylation is 1. The maximum absolute atomic E-state index is 8.94. The zero-order chi connectivity index (χ0) is 10.7. The predicted octanol–water partition coefficient (Wildman–Crippen LogP) is 2.10. The number of thiophene rings is 1. The molecule has 1 aromatic rings. The molecule has 0 aromatic carbocycles. The third-order valence-electron chi connectivity index (χ3n) is 3.06. The van der Waals surface area contributed by atoms with Crippen molar-refractivity contribution in [2.75, 3.05) is 6.61 Å². The van der Waals surface area contributed by atoms with Gasteiger partial charge in [-0.05, 0) is 49.1 Å². The summed E-state index contributed by atoms with van der Waals surface area (Å²) in [6.45, 7) is 3.14. The van der Waals surface area contributed by atoms with Crippen molar-refractivity contribution in [3.63, 3.8) is 0 Å². The van der Waals surface area contributed by atoms with E-state index in [4.69, 9.17) is 5.11 Å². The van der Waals surface area contributed by atoms with Crippen LogP contribution in [0.3, 0.4) is 0 Å². The molecule has 0 fully saturated rings. The van der Waals surface area contributed by atoms with E-state index in [1.807, 2.05) is 18.3 Å². The Hall–Kier alpha value is -0.380. The molecular weight excluding hydrogens is 206 g/mol. The monoisotopic (exact) mass is 225 g/mol. The highest BCUT2D eigenvalue weighted by atomic mass is 32.1. The van der Waals surface area contributed by atoms with Crippen LogP contribution >= 0.6 is 11.3 Å². The molecule has 1 atom stereocenters. The van der Waals surface area contributed by atoms with Gasteiger partial charge in [-0.1, -0.05) is 0 Å². The lowest BCUT2D eigenvalue weighted by atomic mass is 9.96. The van der Waals surface area contributed by atoms with Crippen LogP contribution in [0.2, 0.25) is 0 Å². The summed E-state index contributed by atoms with van der Waals surface area (Å²) in [6.07, 6.45) is 5.22. The number of rotatable bonds is 4. The lowest BCUT2D eigenvalue weighted by Gasteiger charge is -2.14. The van der Waals surface area contributed by atoms with Gasteiger partial charge in [-0.25, -0.2) is 0 Å². The van der Waals surface area contributed by atoms with Gasteiger partial charge in [0.1, 0.15) is 0 Å². The van der Waals surface area contributed by atoms with Crippen LogP contribution in [0.25, 0.3) is 0 Å². The highest BCUT2D eigenvalue weighted by Gasteiger charge is 2.15. The quantitative estimate of drug-likeness (QED) is 0.822. The van der Waals surface area contributed by atoms with E-state index in [0.29, 0.717) is 0 Å². The number of nitrogens with one attached hydrogen (secondary N) is 1. The molecule has 1 aromatic heterocycles. The second-order valence-corrected chi connectivity index (χ2v) is 5.30. The molecule has 2 rings (SSSR count). The molecule has 0 spiro atoms. The average molecular weight is 225 g/mol. The van der Waals surface area contributed by atoms with E-state index in [0.717, 1.165) is 6.54 Å². The van der Waals surface area contributed by atoms with Crippen LogP contribution in [0.4, 0.5) is 0 Å². The van der Waals surface area contributed by atoms with Gasteiger partial charge in [-0.2, -0.15) is 0 Å². The predicted molar refractivity (Wildman–Crippen MR) is 64.3 cm³/mol. The minimum absolute atomic E-state index is 0.198. The molecule has 0 saturated carbocycles. The van der Waals surface area contributed by atoms with Crippen molar-refractivity contribution in [1.29, 1.82) is 0 Å². The van der Waals surface area contributed by atoms with Gasteiger partial charge >= 0.3 is 0 Å². The Morgan fingerprint density at radius 3 is 3.07 bits per heavy atom. The van der Waals surface area contributed by atoms with E-state index in [9.17, 15) is 0 Å². The van der Waals surface area contributed by atoms with E-state index in [2.05, 4.69) is 10.7 Å². The van der Waals surface area contributed by atoms with E-state index < -0.39 is 0 Å². The van der Waals surface area contributed by atoms with Gasteiger partial charge in [0.05, 0.1) is 6.61 Å². The molecule has 3 heteroatoms. The van der Waals surface area contributed by atoms with Gasteiger partial charge in [0, 0.05) is 17.5 Å².